The van der Waals surface area contributed by atoms with E-state index in [4.69, 9.17) is 9.26 Å². The zero-order chi connectivity index (χ0) is 21.8. The molecule has 4 rings (SSSR count). The molecule has 1 amide bonds. The SMILES string of the molecule is COC(=O)c1sccc1NC(=O)COC(=O)c1ccc2noc(-c3ccccc3)c2c1. The van der Waals surface area contributed by atoms with Crippen LogP contribution in [0, 0.1) is 0 Å². The fourth-order valence-electron chi connectivity index (χ4n) is 2.93. The normalized spacial score (nSPS) is 10.6. The molecule has 2 aromatic heterocycles. The second-order valence-corrected chi connectivity index (χ2v) is 7.31. The van der Waals surface area contributed by atoms with Gasteiger partial charge in [-0.1, -0.05) is 35.5 Å². The van der Waals surface area contributed by atoms with E-state index in [-0.39, 0.29) is 10.4 Å². The molecule has 0 fully saturated rings. The number of nitrogens with zero attached hydrogens (tertiary/aromatic N) is 1. The van der Waals surface area contributed by atoms with Crippen LogP contribution in [0.4, 0.5) is 5.69 Å². The topological polar surface area (TPSA) is 108 Å². The molecular weight excluding hydrogens is 420 g/mol. The highest BCUT2D eigenvalue weighted by Gasteiger charge is 2.18. The molecule has 31 heavy (non-hydrogen) atoms. The number of carbonyl (C=O) groups is 3. The quantitative estimate of drug-likeness (QED) is 0.453. The molecule has 9 heteroatoms. The van der Waals surface area contributed by atoms with Crippen LogP contribution >= 0.6 is 11.3 Å². The van der Waals surface area contributed by atoms with E-state index >= 15 is 0 Å². The lowest BCUT2D eigenvalue weighted by atomic mass is 10.1. The second kappa shape index (κ2) is 8.80. The molecule has 0 aliphatic heterocycles. The fourth-order valence-corrected chi connectivity index (χ4v) is 3.69. The Balaban J connectivity index is 1.45. The van der Waals surface area contributed by atoms with Crippen molar-refractivity contribution in [3.63, 3.8) is 0 Å². The van der Waals surface area contributed by atoms with Crippen molar-refractivity contribution in [3.8, 4) is 11.3 Å². The average Bonchev–Trinajstić information content (AvgIpc) is 3.44. The minimum atomic E-state index is -0.671. The lowest BCUT2D eigenvalue weighted by Crippen LogP contribution is -2.21. The van der Waals surface area contributed by atoms with Crippen LogP contribution in [0.5, 0.6) is 0 Å². The summed E-state index contributed by atoms with van der Waals surface area (Å²) in [5.74, 6) is -1.27. The van der Waals surface area contributed by atoms with Gasteiger partial charge in [0, 0.05) is 5.56 Å². The Hall–Kier alpha value is -3.98. The molecular formula is C22H16N2O6S. The third-order valence-corrected chi connectivity index (χ3v) is 5.29. The van der Waals surface area contributed by atoms with Crippen LogP contribution in [-0.2, 0) is 14.3 Å². The van der Waals surface area contributed by atoms with Crippen LogP contribution in [0.2, 0.25) is 0 Å². The Kier molecular flexibility index (Phi) is 5.76. The van der Waals surface area contributed by atoms with Gasteiger partial charge in [0.25, 0.3) is 5.91 Å². The molecule has 0 aliphatic rings. The van der Waals surface area contributed by atoms with E-state index in [1.807, 2.05) is 30.3 Å². The van der Waals surface area contributed by atoms with Crippen molar-refractivity contribution >= 4 is 45.8 Å². The number of hydrogen-bond donors (Lipinski definition) is 1. The lowest BCUT2D eigenvalue weighted by Gasteiger charge is -2.07. The van der Waals surface area contributed by atoms with Gasteiger partial charge in [-0.15, -0.1) is 11.3 Å². The number of amides is 1. The van der Waals surface area contributed by atoms with Crippen LogP contribution in [-0.4, -0.2) is 36.7 Å². The first-order valence-electron chi connectivity index (χ1n) is 9.14. The van der Waals surface area contributed by atoms with Gasteiger partial charge >= 0.3 is 11.9 Å². The minimum absolute atomic E-state index is 0.256. The smallest absolute Gasteiger partial charge is 0.350 e. The van der Waals surface area contributed by atoms with Gasteiger partial charge in [0.05, 0.1) is 23.7 Å². The van der Waals surface area contributed by atoms with Crippen molar-refractivity contribution < 1.29 is 28.4 Å². The molecule has 0 radical (unpaired) electrons. The van der Waals surface area contributed by atoms with Crippen molar-refractivity contribution in [1.82, 2.24) is 5.16 Å². The summed E-state index contributed by atoms with van der Waals surface area (Å²) >= 11 is 1.14. The van der Waals surface area contributed by atoms with Gasteiger partial charge in [-0.25, -0.2) is 9.59 Å². The Labute approximate surface area is 180 Å². The number of thiophene rings is 1. The van der Waals surface area contributed by atoms with E-state index in [1.54, 1.807) is 29.6 Å². The summed E-state index contributed by atoms with van der Waals surface area (Å²) in [5.41, 5.74) is 1.98. The number of methoxy groups -OCH3 is 1. The molecule has 2 heterocycles. The zero-order valence-electron chi connectivity index (χ0n) is 16.3. The Bertz CT molecular complexity index is 1260. The van der Waals surface area contributed by atoms with Gasteiger partial charge in [0.2, 0.25) is 0 Å². The fraction of sp³-hybridized carbons (Fsp3) is 0.0909. The van der Waals surface area contributed by atoms with Crippen LogP contribution < -0.4 is 5.32 Å². The van der Waals surface area contributed by atoms with Gasteiger partial charge in [-0.3, -0.25) is 4.79 Å². The van der Waals surface area contributed by atoms with Crippen molar-refractivity contribution in [2.75, 3.05) is 19.0 Å². The molecule has 0 unspecified atom stereocenters. The molecule has 8 nitrogen and oxygen atoms in total. The highest BCUT2D eigenvalue weighted by atomic mass is 32.1. The summed E-state index contributed by atoms with van der Waals surface area (Å²) in [4.78, 5) is 36.6. The molecule has 0 aliphatic carbocycles. The maximum atomic E-state index is 12.5. The number of ether oxygens (including phenoxy) is 2. The Morgan fingerprint density at radius 3 is 2.65 bits per heavy atom. The first-order chi connectivity index (χ1) is 15.1. The predicted octanol–water partition coefficient (Wildman–Crippen LogP) is 4.14. The first-order valence-corrected chi connectivity index (χ1v) is 10.0. The van der Waals surface area contributed by atoms with Gasteiger partial charge in [0.15, 0.2) is 12.4 Å². The van der Waals surface area contributed by atoms with Crippen molar-refractivity contribution in [2.24, 2.45) is 0 Å². The number of esters is 2. The molecule has 1 N–H and O–H groups in total. The average molecular weight is 436 g/mol. The number of anilines is 1. The molecule has 0 atom stereocenters. The zero-order valence-corrected chi connectivity index (χ0v) is 17.1. The number of benzene rings is 2. The highest BCUT2D eigenvalue weighted by molar-refractivity contribution is 7.12. The number of nitrogens with one attached hydrogen (secondary N) is 1. The number of fused-ring (bicyclic) bond motifs is 1. The summed E-state index contributed by atoms with van der Waals surface area (Å²) < 4.78 is 15.2. The first kappa shape index (κ1) is 20.3. The predicted molar refractivity (Wildman–Crippen MR) is 114 cm³/mol. The summed E-state index contributed by atoms with van der Waals surface area (Å²) in [5, 5.41) is 8.85. The van der Waals surface area contributed by atoms with E-state index < -0.39 is 24.5 Å². The molecule has 0 bridgehead atoms. The summed E-state index contributed by atoms with van der Waals surface area (Å²) in [7, 11) is 1.25. The standard InChI is InChI=1S/C22H16N2O6S/c1-28-22(27)20-17(9-10-31-20)23-18(25)12-29-21(26)14-7-8-16-15(11-14)19(30-24-16)13-5-3-2-4-6-13/h2-11H,12H2,1H3,(H,23,25). The van der Waals surface area contributed by atoms with E-state index in [9.17, 15) is 14.4 Å². The number of aromatic nitrogens is 1. The van der Waals surface area contributed by atoms with Crippen LogP contribution in [0.15, 0.2) is 64.5 Å². The molecule has 0 saturated carbocycles. The largest absolute Gasteiger partial charge is 0.465 e. The maximum absolute atomic E-state index is 12.5. The molecule has 2 aromatic carbocycles. The Morgan fingerprint density at radius 2 is 1.87 bits per heavy atom. The van der Waals surface area contributed by atoms with E-state index in [0.29, 0.717) is 22.4 Å². The van der Waals surface area contributed by atoms with E-state index in [2.05, 4.69) is 15.2 Å². The number of carbonyl (C=O) groups excluding carboxylic acids is 3. The van der Waals surface area contributed by atoms with Crippen LogP contribution in [0.25, 0.3) is 22.2 Å². The van der Waals surface area contributed by atoms with E-state index in [1.165, 1.54) is 7.11 Å². The van der Waals surface area contributed by atoms with Gasteiger partial charge in [-0.05, 0) is 29.6 Å². The monoisotopic (exact) mass is 436 g/mol. The molecule has 4 aromatic rings. The maximum Gasteiger partial charge on any atom is 0.350 e. The second-order valence-electron chi connectivity index (χ2n) is 6.39. The number of hydrogen-bond acceptors (Lipinski definition) is 8. The van der Waals surface area contributed by atoms with Crippen LogP contribution in [0.3, 0.4) is 0 Å². The third-order valence-electron chi connectivity index (χ3n) is 4.39. The summed E-state index contributed by atoms with van der Waals surface area (Å²) in [6.45, 7) is -0.511. The minimum Gasteiger partial charge on any atom is -0.465 e. The van der Waals surface area contributed by atoms with Gasteiger partial charge in [-0.2, -0.15) is 0 Å². The van der Waals surface area contributed by atoms with Crippen molar-refractivity contribution in [3.05, 3.63) is 70.4 Å². The molecule has 0 saturated heterocycles. The number of rotatable bonds is 6. The van der Waals surface area contributed by atoms with E-state index in [0.717, 1.165) is 16.9 Å². The summed E-state index contributed by atoms with van der Waals surface area (Å²) in [6.07, 6.45) is 0. The molecule has 156 valence electrons. The summed E-state index contributed by atoms with van der Waals surface area (Å²) in [6, 6.07) is 15.8. The van der Waals surface area contributed by atoms with Gasteiger partial charge < -0.3 is 19.3 Å². The Morgan fingerprint density at radius 1 is 1.06 bits per heavy atom. The lowest BCUT2D eigenvalue weighted by molar-refractivity contribution is -0.119. The van der Waals surface area contributed by atoms with Crippen LogP contribution in [0.1, 0.15) is 20.0 Å². The van der Waals surface area contributed by atoms with Crippen molar-refractivity contribution in [2.45, 2.75) is 0 Å². The highest BCUT2D eigenvalue weighted by Crippen LogP contribution is 2.29. The van der Waals surface area contributed by atoms with Gasteiger partial charge in [0.1, 0.15) is 10.4 Å². The van der Waals surface area contributed by atoms with Crippen molar-refractivity contribution in [1.29, 1.82) is 0 Å². The molecule has 0 spiro atoms. The third kappa shape index (κ3) is 4.31.